The Morgan fingerprint density at radius 1 is 1.41 bits per heavy atom. The van der Waals surface area contributed by atoms with Crippen molar-refractivity contribution < 1.29 is 4.74 Å². The van der Waals surface area contributed by atoms with Crippen molar-refractivity contribution >= 4 is 0 Å². The van der Waals surface area contributed by atoms with Crippen LogP contribution in [0.4, 0.5) is 0 Å². The van der Waals surface area contributed by atoms with Crippen molar-refractivity contribution in [2.75, 3.05) is 6.61 Å². The zero-order chi connectivity index (χ0) is 12.5. The van der Waals surface area contributed by atoms with Crippen LogP contribution in [-0.4, -0.2) is 12.6 Å². The molecule has 2 N–H and O–H groups in total. The molecule has 94 valence electrons. The maximum Gasteiger partial charge on any atom is 0.122 e. The Morgan fingerprint density at radius 3 is 2.88 bits per heavy atom. The van der Waals surface area contributed by atoms with Crippen LogP contribution >= 0.6 is 0 Å². The molecular weight excluding hydrogens is 210 g/mol. The van der Waals surface area contributed by atoms with Crippen molar-refractivity contribution in [1.82, 2.24) is 0 Å². The molecule has 0 aliphatic carbocycles. The van der Waals surface area contributed by atoms with Gasteiger partial charge >= 0.3 is 0 Å². The van der Waals surface area contributed by atoms with Crippen molar-refractivity contribution in [2.45, 2.75) is 38.6 Å². The van der Waals surface area contributed by atoms with Gasteiger partial charge in [0.25, 0.3) is 0 Å². The standard InChI is InChI=1S/C15H23NO/c1-3-5-8-11-17-15-10-7-6-9-13(15)12-14(16)4-2/h3,6-7,9-10,14H,1,4-5,8,11-12,16H2,2H3. The van der Waals surface area contributed by atoms with Gasteiger partial charge in [0.15, 0.2) is 0 Å². The SMILES string of the molecule is C=CCCCOc1ccccc1CC(N)CC. The maximum atomic E-state index is 5.98. The lowest BCUT2D eigenvalue weighted by molar-refractivity contribution is 0.308. The van der Waals surface area contributed by atoms with Gasteiger partial charge in [0.1, 0.15) is 5.75 Å². The number of unbranched alkanes of at least 4 members (excludes halogenated alkanes) is 1. The van der Waals surface area contributed by atoms with Crippen molar-refractivity contribution in [3.05, 3.63) is 42.5 Å². The van der Waals surface area contributed by atoms with Gasteiger partial charge in [-0.2, -0.15) is 0 Å². The van der Waals surface area contributed by atoms with E-state index in [4.69, 9.17) is 10.5 Å². The van der Waals surface area contributed by atoms with Gasteiger partial charge in [-0.3, -0.25) is 0 Å². The van der Waals surface area contributed by atoms with Gasteiger partial charge in [-0.15, -0.1) is 6.58 Å². The van der Waals surface area contributed by atoms with Crippen LogP contribution in [0.25, 0.3) is 0 Å². The van der Waals surface area contributed by atoms with Gasteiger partial charge in [-0.05, 0) is 37.3 Å². The molecule has 17 heavy (non-hydrogen) atoms. The zero-order valence-electron chi connectivity index (χ0n) is 10.7. The first-order chi connectivity index (χ1) is 8.27. The molecule has 0 amide bonds. The van der Waals surface area contributed by atoms with E-state index >= 15 is 0 Å². The summed E-state index contributed by atoms with van der Waals surface area (Å²) in [6.07, 6.45) is 5.80. The summed E-state index contributed by atoms with van der Waals surface area (Å²) in [7, 11) is 0. The lowest BCUT2D eigenvalue weighted by Gasteiger charge is -2.14. The summed E-state index contributed by atoms with van der Waals surface area (Å²) in [5, 5.41) is 0. The average molecular weight is 233 g/mol. The van der Waals surface area contributed by atoms with E-state index in [0.29, 0.717) is 0 Å². The molecule has 2 heteroatoms. The molecule has 0 saturated carbocycles. The molecule has 0 spiro atoms. The highest BCUT2D eigenvalue weighted by Gasteiger charge is 2.06. The Labute approximate surface area is 104 Å². The molecule has 0 aliphatic heterocycles. The Bertz CT molecular complexity index is 335. The van der Waals surface area contributed by atoms with Gasteiger partial charge in [-0.1, -0.05) is 31.2 Å². The Morgan fingerprint density at radius 2 is 2.18 bits per heavy atom. The monoisotopic (exact) mass is 233 g/mol. The number of nitrogens with two attached hydrogens (primary N) is 1. The Hall–Kier alpha value is -1.28. The summed E-state index contributed by atoms with van der Waals surface area (Å²) in [4.78, 5) is 0. The fraction of sp³-hybridized carbons (Fsp3) is 0.467. The van der Waals surface area contributed by atoms with E-state index < -0.39 is 0 Å². The van der Waals surface area contributed by atoms with E-state index in [0.717, 1.165) is 38.0 Å². The summed E-state index contributed by atoms with van der Waals surface area (Å²) in [6, 6.07) is 8.37. The lowest BCUT2D eigenvalue weighted by Crippen LogP contribution is -2.21. The normalized spacial score (nSPS) is 12.1. The summed E-state index contributed by atoms with van der Waals surface area (Å²) >= 11 is 0. The van der Waals surface area contributed by atoms with Gasteiger partial charge < -0.3 is 10.5 Å². The molecule has 0 aliphatic rings. The van der Waals surface area contributed by atoms with Crippen LogP contribution in [-0.2, 0) is 6.42 Å². The van der Waals surface area contributed by atoms with Crippen LogP contribution in [0, 0.1) is 0 Å². The minimum atomic E-state index is 0.216. The van der Waals surface area contributed by atoms with E-state index in [-0.39, 0.29) is 6.04 Å². The fourth-order valence-corrected chi connectivity index (χ4v) is 1.65. The third kappa shape index (κ3) is 5.05. The topological polar surface area (TPSA) is 35.2 Å². The quantitative estimate of drug-likeness (QED) is 0.552. The highest BCUT2D eigenvalue weighted by atomic mass is 16.5. The van der Waals surface area contributed by atoms with Gasteiger partial charge in [0, 0.05) is 6.04 Å². The van der Waals surface area contributed by atoms with E-state index in [1.807, 2.05) is 24.3 Å². The molecule has 0 radical (unpaired) electrons. The number of hydrogen-bond donors (Lipinski definition) is 1. The molecule has 0 aromatic heterocycles. The van der Waals surface area contributed by atoms with Crippen molar-refractivity contribution in [3.8, 4) is 5.75 Å². The van der Waals surface area contributed by atoms with Gasteiger partial charge in [0.05, 0.1) is 6.61 Å². The molecule has 2 nitrogen and oxygen atoms in total. The number of rotatable bonds is 8. The van der Waals surface area contributed by atoms with E-state index in [1.54, 1.807) is 0 Å². The van der Waals surface area contributed by atoms with Crippen LogP contribution in [0.2, 0.25) is 0 Å². The molecular formula is C15H23NO. The second-order valence-electron chi connectivity index (χ2n) is 4.26. The number of para-hydroxylation sites is 1. The first-order valence-electron chi connectivity index (χ1n) is 6.35. The highest BCUT2D eigenvalue weighted by Crippen LogP contribution is 2.20. The summed E-state index contributed by atoms with van der Waals surface area (Å²) in [5.41, 5.74) is 7.19. The Balaban J connectivity index is 2.54. The van der Waals surface area contributed by atoms with Crippen molar-refractivity contribution in [3.63, 3.8) is 0 Å². The molecule has 1 unspecified atom stereocenters. The largest absolute Gasteiger partial charge is 0.493 e. The summed E-state index contributed by atoms with van der Waals surface area (Å²) in [6.45, 7) is 6.55. The number of hydrogen-bond acceptors (Lipinski definition) is 2. The van der Waals surface area contributed by atoms with Crippen LogP contribution in [0.3, 0.4) is 0 Å². The van der Waals surface area contributed by atoms with E-state index in [2.05, 4.69) is 19.6 Å². The van der Waals surface area contributed by atoms with Crippen LogP contribution in [0.5, 0.6) is 5.75 Å². The molecule has 0 heterocycles. The summed E-state index contributed by atoms with van der Waals surface area (Å²) in [5.74, 6) is 0.973. The molecule has 0 fully saturated rings. The number of ether oxygens (including phenoxy) is 1. The first-order valence-corrected chi connectivity index (χ1v) is 6.35. The molecule has 1 aromatic rings. The van der Waals surface area contributed by atoms with E-state index in [1.165, 1.54) is 5.56 Å². The van der Waals surface area contributed by atoms with E-state index in [9.17, 15) is 0 Å². The molecule has 1 aromatic carbocycles. The minimum absolute atomic E-state index is 0.216. The third-order valence-corrected chi connectivity index (χ3v) is 2.79. The first kappa shape index (κ1) is 13.8. The molecule has 1 atom stereocenters. The predicted molar refractivity (Wildman–Crippen MR) is 73.3 cm³/mol. The predicted octanol–water partition coefficient (Wildman–Crippen LogP) is 3.31. The second kappa shape index (κ2) is 7.91. The van der Waals surface area contributed by atoms with Crippen LogP contribution in [0.1, 0.15) is 31.7 Å². The molecule has 0 bridgehead atoms. The lowest BCUT2D eigenvalue weighted by atomic mass is 10.0. The van der Waals surface area contributed by atoms with Crippen molar-refractivity contribution in [1.29, 1.82) is 0 Å². The van der Waals surface area contributed by atoms with Gasteiger partial charge in [0.2, 0.25) is 0 Å². The zero-order valence-corrected chi connectivity index (χ0v) is 10.7. The maximum absolute atomic E-state index is 5.98. The third-order valence-electron chi connectivity index (χ3n) is 2.79. The smallest absolute Gasteiger partial charge is 0.122 e. The highest BCUT2D eigenvalue weighted by molar-refractivity contribution is 5.33. The summed E-state index contributed by atoms with van der Waals surface area (Å²) < 4.78 is 5.78. The molecule has 0 saturated heterocycles. The van der Waals surface area contributed by atoms with Crippen molar-refractivity contribution in [2.24, 2.45) is 5.73 Å². The minimum Gasteiger partial charge on any atom is -0.493 e. The van der Waals surface area contributed by atoms with Gasteiger partial charge in [-0.25, -0.2) is 0 Å². The molecule has 1 rings (SSSR count). The Kier molecular flexibility index (Phi) is 6.41. The van der Waals surface area contributed by atoms with Crippen LogP contribution < -0.4 is 10.5 Å². The fourth-order valence-electron chi connectivity index (χ4n) is 1.65. The average Bonchev–Trinajstić information content (AvgIpc) is 2.36. The number of allylic oxidation sites excluding steroid dienone is 1. The number of benzene rings is 1. The second-order valence-corrected chi connectivity index (χ2v) is 4.26. The van der Waals surface area contributed by atoms with Crippen LogP contribution in [0.15, 0.2) is 36.9 Å².